The molecule has 3 aromatic carbocycles. The lowest BCUT2D eigenvalue weighted by Gasteiger charge is -2.12. The van der Waals surface area contributed by atoms with E-state index in [-0.39, 0.29) is 18.1 Å². The van der Waals surface area contributed by atoms with Crippen molar-refractivity contribution in [1.82, 2.24) is 24.7 Å². The zero-order valence-corrected chi connectivity index (χ0v) is 20.5. The van der Waals surface area contributed by atoms with Crippen molar-refractivity contribution in [3.8, 4) is 11.4 Å². The van der Waals surface area contributed by atoms with Crippen LogP contribution in [0.3, 0.4) is 0 Å². The molecule has 2 aromatic heterocycles. The normalized spacial score (nSPS) is 10.9. The van der Waals surface area contributed by atoms with Gasteiger partial charge in [-0.25, -0.2) is 4.79 Å². The molecule has 5 aromatic rings. The summed E-state index contributed by atoms with van der Waals surface area (Å²) in [6.45, 7) is 0. The average Bonchev–Trinajstić information content (AvgIpc) is 3.29. The van der Waals surface area contributed by atoms with Gasteiger partial charge in [0.05, 0.1) is 12.9 Å². The molecule has 0 aliphatic rings. The van der Waals surface area contributed by atoms with E-state index in [4.69, 9.17) is 4.74 Å². The molecule has 1 amide bonds. The Morgan fingerprint density at radius 1 is 1.00 bits per heavy atom. The highest BCUT2D eigenvalue weighted by atomic mass is 32.2. The lowest BCUT2D eigenvalue weighted by Crippen LogP contribution is -2.23. The topological polar surface area (TPSA) is 135 Å². The maximum atomic E-state index is 12.8. The summed E-state index contributed by atoms with van der Waals surface area (Å²) in [5.74, 6) is 1.08. The number of rotatable bonds is 8. The molecule has 0 radical (unpaired) electrons. The van der Waals surface area contributed by atoms with E-state index in [2.05, 4.69) is 25.5 Å². The van der Waals surface area contributed by atoms with Crippen LogP contribution >= 0.6 is 11.8 Å². The van der Waals surface area contributed by atoms with E-state index in [0.29, 0.717) is 22.4 Å². The molecule has 186 valence electrons. The molecule has 11 heteroatoms. The third-order valence-corrected chi connectivity index (χ3v) is 6.52. The largest absolute Gasteiger partial charge is 0.497 e. The van der Waals surface area contributed by atoms with Gasteiger partial charge < -0.3 is 15.0 Å². The fourth-order valence-electron chi connectivity index (χ4n) is 3.93. The third-order valence-electron chi connectivity index (χ3n) is 5.59. The fraction of sp³-hybridized carbons (Fsp3) is 0.115. The highest BCUT2D eigenvalue weighted by Gasteiger charge is 2.17. The number of thioether (sulfide) groups is 1. The van der Waals surface area contributed by atoms with Crippen LogP contribution in [-0.2, 0) is 11.2 Å². The Morgan fingerprint density at radius 3 is 2.57 bits per heavy atom. The zero-order valence-electron chi connectivity index (χ0n) is 19.7. The summed E-state index contributed by atoms with van der Waals surface area (Å²) in [5.41, 5.74) is 0.761. The molecule has 0 bridgehead atoms. The Bertz CT molecular complexity index is 1660. The fourth-order valence-corrected chi connectivity index (χ4v) is 4.71. The Labute approximate surface area is 214 Å². The molecule has 0 spiro atoms. The van der Waals surface area contributed by atoms with Gasteiger partial charge in [0.2, 0.25) is 5.91 Å². The van der Waals surface area contributed by atoms with E-state index in [1.165, 1.54) is 17.8 Å². The molecule has 5 rings (SSSR count). The van der Waals surface area contributed by atoms with Gasteiger partial charge in [-0.15, -0.1) is 10.2 Å². The van der Waals surface area contributed by atoms with Crippen LogP contribution in [0.25, 0.3) is 16.5 Å². The summed E-state index contributed by atoms with van der Waals surface area (Å²) < 4.78 is 7.05. The number of methoxy groups -OCH3 is 1. The second kappa shape index (κ2) is 10.5. The summed E-state index contributed by atoms with van der Waals surface area (Å²) >= 11 is 1.23. The van der Waals surface area contributed by atoms with Crippen LogP contribution in [0.4, 0.5) is 5.69 Å². The smallest absolute Gasteiger partial charge is 0.325 e. The van der Waals surface area contributed by atoms with Crippen molar-refractivity contribution in [3.05, 3.63) is 105 Å². The number of anilines is 1. The number of nitrogens with one attached hydrogen (secondary N) is 3. The molecule has 0 unspecified atom stereocenters. The maximum Gasteiger partial charge on any atom is 0.325 e. The maximum absolute atomic E-state index is 12.8. The molecule has 0 atom stereocenters. The highest BCUT2D eigenvalue weighted by molar-refractivity contribution is 7.99. The molecule has 37 heavy (non-hydrogen) atoms. The van der Waals surface area contributed by atoms with Crippen LogP contribution in [-0.4, -0.2) is 43.5 Å². The van der Waals surface area contributed by atoms with Gasteiger partial charge in [-0.1, -0.05) is 48.2 Å². The number of aromatic amines is 2. The van der Waals surface area contributed by atoms with Gasteiger partial charge >= 0.3 is 5.69 Å². The van der Waals surface area contributed by atoms with Gasteiger partial charge in [0, 0.05) is 34.9 Å². The quantitative estimate of drug-likeness (QED) is 0.271. The minimum Gasteiger partial charge on any atom is -0.497 e. The molecule has 0 aliphatic heterocycles. The van der Waals surface area contributed by atoms with Gasteiger partial charge in [-0.3, -0.25) is 19.1 Å². The van der Waals surface area contributed by atoms with Gasteiger partial charge in [0.1, 0.15) is 11.6 Å². The van der Waals surface area contributed by atoms with Crippen molar-refractivity contribution in [3.63, 3.8) is 0 Å². The van der Waals surface area contributed by atoms with Crippen LogP contribution in [0.15, 0.2) is 87.5 Å². The lowest BCUT2D eigenvalue weighted by molar-refractivity contribution is -0.113. The van der Waals surface area contributed by atoms with E-state index in [0.717, 1.165) is 22.1 Å². The molecule has 10 nitrogen and oxygen atoms in total. The van der Waals surface area contributed by atoms with Crippen molar-refractivity contribution in [1.29, 1.82) is 0 Å². The van der Waals surface area contributed by atoms with E-state index in [1.54, 1.807) is 23.8 Å². The van der Waals surface area contributed by atoms with Crippen LogP contribution in [0, 0.1) is 0 Å². The second-order valence-corrected chi connectivity index (χ2v) is 9.03. The third kappa shape index (κ3) is 5.46. The summed E-state index contributed by atoms with van der Waals surface area (Å²) in [6, 6.07) is 22.2. The lowest BCUT2D eigenvalue weighted by atomic mass is 10.1. The standard InChI is InChI=1S/C26H22N6O4S/c1-36-19-11-9-18(10-12-19)32-22(13-17-14-23(33)29-25(35)27-17)30-31-26(32)37-15-24(34)28-21-8-4-6-16-5-2-3-7-20(16)21/h2-12,14H,13,15H2,1H3,(H,28,34)(H2,27,29,33,35). The van der Waals surface area contributed by atoms with Crippen LogP contribution in [0.2, 0.25) is 0 Å². The first-order valence-corrected chi connectivity index (χ1v) is 12.3. The van der Waals surface area contributed by atoms with Crippen molar-refractivity contribution >= 4 is 34.1 Å². The summed E-state index contributed by atoms with van der Waals surface area (Å²) in [6.07, 6.45) is 0.154. The van der Waals surface area contributed by atoms with Gasteiger partial charge in [0.15, 0.2) is 5.16 Å². The molecule has 3 N–H and O–H groups in total. The molecular weight excluding hydrogens is 492 g/mol. The summed E-state index contributed by atoms with van der Waals surface area (Å²) in [5, 5.41) is 14.0. The molecule has 2 heterocycles. The Balaban J connectivity index is 1.41. The van der Waals surface area contributed by atoms with Crippen LogP contribution in [0.1, 0.15) is 11.5 Å². The van der Waals surface area contributed by atoms with Crippen LogP contribution < -0.4 is 21.3 Å². The summed E-state index contributed by atoms with van der Waals surface area (Å²) in [4.78, 5) is 41.1. The Kier molecular flexibility index (Phi) is 6.86. The van der Waals surface area contributed by atoms with Crippen molar-refractivity contribution < 1.29 is 9.53 Å². The first-order valence-electron chi connectivity index (χ1n) is 11.3. The molecule has 0 saturated carbocycles. The highest BCUT2D eigenvalue weighted by Crippen LogP contribution is 2.26. The number of amides is 1. The minimum absolute atomic E-state index is 0.0966. The molecule has 0 aliphatic carbocycles. The second-order valence-electron chi connectivity index (χ2n) is 8.09. The molecule has 0 saturated heterocycles. The van der Waals surface area contributed by atoms with E-state index < -0.39 is 11.2 Å². The van der Waals surface area contributed by atoms with Crippen LogP contribution in [0.5, 0.6) is 5.75 Å². The predicted octanol–water partition coefficient (Wildman–Crippen LogP) is 3.13. The zero-order chi connectivity index (χ0) is 25.8. The molecular formula is C26H22N6O4S. The van der Waals surface area contributed by atoms with E-state index in [1.807, 2.05) is 54.6 Å². The van der Waals surface area contributed by atoms with Crippen molar-refractivity contribution in [2.24, 2.45) is 0 Å². The van der Waals surface area contributed by atoms with Gasteiger partial charge in [-0.05, 0) is 35.7 Å². The van der Waals surface area contributed by atoms with Crippen molar-refractivity contribution in [2.45, 2.75) is 11.6 Å². The average molecular weight is 515 g/mol. The predicted molar refractivity (Wildman–Crippen MR) is 142 cm³/mol. The number of fused-ring (bicyclic) bond motifs is 1. The minimum atomic E-state index is -0.599. The number of carbonyl (C=O) groups is 1. The number of H-pyrrole nitrogens is 2. The van der Waals surface area contributed by atoms with E-state index >= 15 is 0 Å². The monoisotopic (exact) mass is 514 g/mol. The first kappa shape index (κ1) is 24.1. The van der Waals surface area contributed by atoms with Crippen molar-refractivity contribution in [2.75, 3.05) is 18.2 Å². The Morgan fingerprint density at radius 2 is 1.78 bits per heavy atom. The number of carbonyl (C=O) groups excluding carboxylic acids is 1. The molecule has 0 fully saturated rings. The number of ether oxygens (including phenoxy) is 1. The number of hydrogen-bond acceptors (Lipinski definition) is 7. The number of hydrogen-bond donors (Lipinski definition) is 3. The number of benzene rings is 3. The summed E-state index contributed by atoms with van der Waals surface area (Å²) in [7, 11) is 1.58. The Hall–Kier alpha value is -4.64. The first-order chi connectivity index (χ1) is 18.0. The number of aromatic nitrogens is 5. The SMILES string of the molecule is COc1ccc(-n2c(Cc3cc(=O)[nH]c(=O)[nH]3)nnc2SCC(=O)Nc2cccc3ccccc23)cc1. The van der Waals surface area contributed by atoms with Gasteiger partial charge in [0.25, 0.3) is 5.56 Å². The number of nitrogens with zero attached hydrogens (tertiary/aromatic N) is 3. The van der Waals surface area contributed by atoms with E-state index in [9.17, 15) is 14.4 Å². The van der Waals surface area contributed by atoms with Gasteiger partial charge in [-0.2, -0.15) is 0 Å².